The fraction of sp³-hybridized carbons (Fsp3) is 0.389. The van der Waals surface area contributed by atoms with Gasteiger partial charge in [-0.15, -0.1) is 5.10 Å². The summed E-state index contributed by atoms with van der Waals surface area (Å²) in [6, 6.07) is 7.88. The maximum absolute atomic E-state index is 13.3. The van der Waals surface area contributed by atoms with Crippen LogP contribution in [0.25, 0.3) is 10.2 Å². The van der Waals surface area contributed by atoms with E-state index >= 15 is 0 Å². The van der Waals surface area contributed by atoms with Gasteiger partial charge in [0, 0.05) is 19.9 Å². The molecule has 7 nitrogen and oxygen atoms in total. The molecule has 0 saturated carbocycles. The van der Waals surface area contributed by atoms with E-state index in [9.17, 15) is 4.79 Å². The number of carbonyl (C=O) groups is 1. The van der Waals surface area contributed by atoms with E-state index < -0.39 is 0 Å². The number of ether oxygens (including phenoxy) is 2. The minimum atomic E-state index is -0.176. The highest BCUT2D eigenvalue weighted by Crippen LogP contribution is 2.31. The van der Waals surface area contributed by atoms with Crippen molar-refractivity contribution in [2.75, 3.05) is 25.2 Å². The highest BCUT2D eigenvalue weighted by atomic mass is 32.1. The predicted octanol–water partition coefficient (Wildman–Crippen LogP) is 2.86. The Hall–Kier alpha value is -2.45. The fourth-order valence-electron chi connectivity index (χ4n) is 3.13. The number of rotatable bonds is 5. The highest BCUT2D eigenvalue weighted by molar-refractivity contribution is 7.22. The summed E-state index contributed by atoms with van der Waals surface area (Å²) in [4.78, 5) is 19.7. The number of benzene rings is 1. The predicted molar refractivity (Wildman–Crippen MR) is 100 cm³/mol. The zero-order chi connectivity index (χ0) is 18.1. The monoisotopic (exact) mass is 372 g/mol. The van der Waals surface area contributed by atoms with Crippen molar-refractivity contribution >= 4 is 32.6 Å². The van der Waals surface area contributed by atoms with Crippen LogP contribution in [0.15, 0.2) is 30.5 Å². The molecule has 1 aromatic carbocycles. The Bertz CT molecular complexity index is 897. The number of hydrogen-bond acceptors (Lipinski definition) is 6. The second-order valence-corrected chi connectivity index (χ2v) is 7.25. The number of carbonyl (C=O) groups excluding carboxylic acids is 1. The van der Waals surface area contributed by atoms with Crippen molar-refractivity contribution in [1.82, 2.24) is 14.8 Å². The normalized spacial score (nSPS) is 16.9. The molecule has 1 aliphatic rings. The van der Waals surface area contributed by atoms with Gasteiger partial charge in [-0.25, -0.2) is 4.98 Å². The van der Waals surface area contributed by atoms with Crippen LogP contribution in [0.5, 0.6) is 5.88 Å². The molecule has 1 unspecified atom stereocenters. The SMILES string of the molecule is COc1nn(C)cc1C(=O)N(CC1CCCO1)c1nc2ccccc2s1. The molecule has 136 valence electrons. The first kappa shape index (κ1) is 17.0. The molecular formula is C18H20N4O3S. The number of thiazole rings is 1. The molecule has 3 aromatic rings. The van der Waals surface area contributed by atoms with E-state index in [0.29, 0.717) is 23.1 Å². The lowest BCUT2D eigenvalue weighted by Crippen LogP contribution is -2.37. The summed E-state index contributed by atoms with van der Waals surface area (Å²) in [7, 11) is 3.28. The van der Waals surface area contributed by atoms with Crippen LogP contribution in [-0.4, -0.2) is 47.0 Å². The van der Waals surface area contributed by atoms with Crippen LogP contribution in [-0.2, 0) is 11.8 Å². The number of aryl methyl sites for hydroxylation is 1. The third-order valence-corrected chi connectivity index (χ3v) is 5.45. The third kappa shape index (κ3) is 3.17. The van der Waals surface area contributed by atoms with Crippen molar-refractivity contribution in [3.63, 3.8) is 0 Å². The molecule has 1 amide bonds. The lowest BCUT2D eigenvalue weighted by molar-refractivity contribution is 0.0915. The second-order valence-electron chi connectivity index (χ2n) is 6.24. The molecule has 0 N–H and O–H groups in total. The van der Waals surface area contributed by atoms with Gasteiger partial charge in [-0.05, 0) is 25.0 Å². The molecule has 0 radical (unpaired) electrons. The Labute approximate surface area is 155 Å². The molecule has 4 rings (SSSR count). The van der Waals surface area contributed by atoms with E-state index in [1.807, 2.05) is 24.3 Å². The van der Waals surface area contributed by atoms with Gasteiger partial charge < -0.3 is 9.47 Å². The van der Waals surface area contributed by atoms with Gasteiger partial charge in [-0.3, -0.25) is 14.4 Å². The van der Waals surface area contributed by atoms with E-state index in [-0.39, 0.29) is 12.0 Å². The van der Waals surface area contributed by atoms with E-state index in [0.717, 1.165) is 29.7 Å². The van der Waals surface area contributed by atoms with E-state index in [2.05, 4.69) is 10.1 Å². The first-order chi connectivity index (χ1) is 12.7. The lowest BCUT2D eigenvalue weighted by atomic mass is 10.2. The van der Waals surface area contributed by atoms with Gasteiger partial charge >= 0.3 is 0 Å². The van der Waals surface area contributed by atoms with Crippen molar-refractivity contribution in [2.24, 2.45) is 7.05 Å². The van der Waals surface area contributed by atoms with Gasteiger partial charge in [0.25, 0.3) is 5.91 Å². The van der Waals surface area contributed by atoms with Gasteiger partial charge in [-0.2, -0.15) is 0 Å². The molecule has 8 heteroatoms. The Balaban J connectivity index is 1.72. The van der Waals surface area contributed by atoms with Gasteiger partial charge in [0.1, 0.15) is 5.56 Å². The molecule has 1 aliphatic heterocycles. The van der Waals surface area contributed by atoms with Gasteiger partial charge in [0.05, 0.1) is 30.0 Å². The number of nitrogens with zero attached hydrogens (tertiary/aromatic N) is 4. The molecule has 0 spiro atoms. The summed E-state index contributed by atoms with van der Waals surface area (Å²) in [5.74, 6) is 0.139. The Morgan fingerprint density at radius 2 is 2.31 bits per heavy atom. The second kappa shape index (κ2) is 7.05. The van der Waals surface area contributed by atoms with E-state index in [1.54, 1.807) is 22.8 Å². The Morgan fingerprint density at radius 1 is 1.46 bits per heavy atom. The van der Waals surface area contributed by atoms with Crippen LogP contribution in [0, 0.1) is 0 Å². The molecule has 26 heavy (non-hydrogen) atoms. The molecule has 3 heterocycles. The maximum atomic E-state index is 13.3. The quantitative estimate of drug-likeness (QED) is 0.689. The minimum absolute atomic E-state index is 0.0219. The summed E-state index contributed by atoms with van der Waals surface area (Å²) < 4.78 is 13.7. The largest absolute Gasteiger partial charge is 0.479 e. The average Bonchev–Trinajstić information content (AvgIpc) is 3.37. The van der Waals surface area contributed by atoms with Crippen LogP contribution >= 0.6 is 11.3 Å². The number of methoxy groups -OCH3 is 1. The minimum Gasteiger partial charge on any atom is -0.479 e. The lowest BCUT2D eigenvalue weighted by Gasteiger charge is -2.22. The van der Waals surface area contributed by atoms with Gasteiger partial charge in [0.2, 0.25) is 5.88 Å². The smallest absolute Gasteiger partial charge is 0.267 e. The van der Waals surface area contributed by atoms with E-state index in [1.165, 1.54) is 18.4 Å². The van der Waals surface area contributed by atoms with Crippen LogP contribution in [0.2, 0.25) is 0 Å². The summed E-state index contributed by atoms with van der Waals surface area (Å²) in [6.45, 7) is 1.21. The molecule has 1 saturated heterocycles. The highest BCUT2D eigenvalue weighted by Gasteiger charge is 2.29. The number of hydrogen-bond donors (Lipinski definition) is 0. The summed E-state index contributed by atoms with van der Waals surface area (Å²) >= 11 is 1.50. The molecule has 2 aromatic heterocycles. The Morgan fingerprint density at radius 3 is 3.04 bits per heavy atom. The van der Waals surface area contributed by atoms with Crippen molar-refractivity contribution in [1.29, 1.82) is 0 Å². The van der Waals surface area contributed by atoms with Crippen LogP contribution < -0.4 is 9.64 Å². The zero-order valence-electron chi connectivity index (χ0n) is 14.7. The first-order valence-electron chi connectivity index (χ1n) is 8.52. The molecular weight excluding hydrogens is 352 g/mol. The first-order valence-corrected chi connectivity index (χ1v) is 9.34. The molecule has 0 aliphatic carbocycles. The topological polar surface area (TPSA) is 69.5 Å². The van der Waals surface area contributed by atoms with Crippen LogP contribution in [0.4, 0.5) is 5.13 Å². The summed E-state index contributed by atoms with van der Waals surface area (Å²) in [5, 5.41) is 4.86. The number of para-hydroxylation sites is 1. The number of fused-ring (bicyclic) bond motifs is 1. The number of anilines is 1. The van der Waals surface area contributed by atoms with Crippen molar-refractivity contribution < 1.29 is 14.3 Å². The summed E-state index contributed by atoms with van der Waals surface area (Å²) in [5.41, 5.74) is 1.31. The third-order valence-electron chi connectivity index (χ3n) is 4.39. The molecule has 0 bridgehead atoms. The zero-order valence-corrected chi connectivity index (χ0v) is 15.5. The molecule has 1 fully saturated rings. The van der Waals surface area contributed by atoms with E-state index in [4.69, 9.17) is 9.47 Å². The van der Waals surface area contributed by atoms with Crippen molar-refractivity contribution in [3.8, 4) is 5.88 Å². The van der Waals surface area contributed by atoms with Gasteiger partial charge in [0.15, 0.2) is 5.13 Å². The number of amides is 1. The fourth-order valence-corrected chi connectivity index (χ4v) is 4.10. The van der Waals surface area contributed by atoms with Crippen LogP contribution in [0.1, 0.15) is 23.2 Å². The Kier molecular flexibility index (Phi) is 4.60. The maximum Gasteiger partial charge on any atom is 0.267 e. The van der Waals surface area contributed by atoms with Crippen LogP contribution in [0.3, 0.4) is 0 Å². The van der Waals surface area contributed by atoms with Gasteiger partial charge in [-0.1, -0.05) is 23.5 Å². The van der Waals surface area contributed by atoms with Crippen molar-refractivity contribution in [2.45, 2.75) is 18.9 Å². The molecule has 1 atom stereocenters. The van der Waals surface area contributed by atoms with Crippen molar-refractivity contribution in [3.05, 3.63) is 36.0 Å². The number of aromatic nitrogens is 3. The average molecular weight is 372 g/mol. The summed E-state index contributed by atoms with van der Waals surface area (Å²) in [6.07, 6.45) is 3.66. The standard InChI is InChI=1S/C18H20N4O3S/c1-21-11-13(16(20-21)24-2)17(23)22(10-12-6-5-9-25-12)18-19-14-7-3-4-8-15(14)26-18/h3-4,7-8,11-12H,5-6,9-10H2,1-2H3.